The summed E-state index contributed by atoms with van der Waals surface area (Å²) in [6, 6.07) is 14.4. The SMILES string of the molecule is CCOC(=O)c1sc(NC(=O)C(C)Sc2nnc(CNC(=O)c3ccc(OC)cc3)n2-c2cccc(C)c2)c(C(=O)OCC)c1C. The minimum absolute atomic E-state index is 0.0704. The molecule has 12 nitrogen and oxygen atoms in total. The largest absolute Gasteiger partial charge is 0.497 e. The molecule has 0 saturated carbocycles. The van der Waals surface area contributed by atoms with Gasteiger partial charge in [-0.3, -0.25) is 14.2 Å². The third-order valence-corrected chi connectivity index (χ3v) is 8.92. The Labute approximate surface area is 274 Å². The second-order valence-electron chi connectivity index (χ2n) is 9.93. The van der Waals surface area contributed by atoms with Crippen molar-refractivity contribution >= 4 is 51.9 Å². The van der Waals surface area contributed by atoms with Crippen molar-refractivity contribution in [2.75, 3.05) is 25.6 Å². The Morgan fingerprint density at radius 3 is 2.33 bits per heavy atom. The molecule has 0 spiro atoms. The molecule has 0 aliphatic carbocycles. The van der Waals surface area contributed by atoms with Crippen LogP contribution in [0.1, 0.15) is 68.1 Å². The van der Waals surface area contributed by atoms with Crippen molar-refractivity contribution in [3.63, 3.8) is 0 Å². The summed E-state index contributed by atoms with van der Waals surface area (Å²) in [6.45, 7) is 8.97. The van der Waals surface area contributed by atoms with Crippen LogP contribution in [0.4, 0.5) is 5.00 Å². The van der Waals surface area contributed by atoms with Gasteiger partial charge < -0.3 is 24.8 Å². The van der Waals surface area contributed by atoms with Crippen LogP contribution < -0.4 is 15.4 Å². The Kier molecular flexibility index (Phi) is 11.6. The summed E-state index contributed by atoms with van der Waals surface area (Å²) < 4.78 is 17.3. The maximum Gasteiger partial charge on any atom is 0.348 e. The normalized spacial score (nSPS) is 11.4. The van der Waals surface area contributed by atoms with Crippen LogP contribution >= 0.6 is 23.1 Å². The molecule has 0 aliphatic heterocycles. The van der Waals surface area contributed by atoms with Gasteiger partial charge in [0.05, 0.1) is 37.7 Å². The van der Waals surface area contributed by atoms with E-state index in [0.29, 0.717) is 27.9 Å². The maximum atomic E-state index is 13.5. The van der Waals surface area contributed by atoms with Crippen LogP contribution in [0.25, 0.3) is 5.69 Å². The first kappa shape index (κ1) is 34.2. The van der Waals surface area contributed by atoms with Crippen LogP contribution in [0.2, 0.25) is 0 Å². The monoisotopic (exact) mass is 665 g/mol. The van der Waals surface area contributed by atoms with Crippen molar-refractivity contribution in [3.05, 3.63) is 81.5 Å². The van der Waals surface area contributed by atoms with E-state index < -0.39 is 23.1 Å². The fourth-order valence-corrected chi connectivity index (χ4v) is 6.37. The van der Waals surface area contributed by atoms with Crippen LogP contribution in [0.5, 0.6) is 5.75 Å². The Morgan fingerprint density at radius 1 is 0.978 bits per heavy atom. The Bertz CT molecular complexity index is 1730. The molecule has 4 aromatic rings. The summed E-state index contributed by atoms with van der Waals surface area (Å²) in [5, 5.41) is 14.3. The number of carbonyl (C=O) groups excluding carboxylic acids is 4. The highest BCUT2D eigenvalue weighted by atomic mass is 32.2. The van der Waals surface area contributed by atoms with Gasteiger partial charge in [-0.1, -0.05) is 23.9 Å². The summed E-state index contributed by atoms with van der Waals surface area (Å²) in [6.07, 6.45) is 0. The molecule has 14 heteroatoms. The van der Waals surface area contributed by atoms with Gasteiger partial charge >= 0.3 is 11.9 Å². The number of thiophene rings is 1. The van der Waals surface area contributed by atoms with Gasteiger partial charge in [0.15, 0.2) is 11.0 Å². The van der Waals surface area contributed by atoms with Gasteiger partial charge in [0, 0.05) is 11.3 Å². The minimum Gasteiger partial charge on any atom is -0.497 e. The number of aryl methyl sites for hydroxylation is 1. The highest BCUT2D eigenvalue weighted by molar-refractivity contribution is 8.00. The molecule has 0 radical (unpaired) electrons. The van der Waals surface area contributed by atoms with Crippen molar-refractivity contribution in [1.82, 2.24) is 20.1 Å². The predicted octanol–water partition coefficient (Wildman–Crippen LogP) is 5.36. The van der Waals surface area contributed by atoms with Gasteiger partial charge in [-0.15, -0.1) is 21.5 Å². The number of methoxy groups -OCH3 is 1. The van der Waals surface area contributed by atoms with E-state index in [-0.39, 0.29) is 41.1 Å². The second-order valence-corrected chi connectivity index (χ2v) is 12.3. The first-order chi connectivity index (χ1) is 22.1. The molecule has 46 heavy (non-hydrogen) atoms. The fourth-order valence-electron chi connectivity index (χ4n) is 4.39. The van der Waals surface area contributed by atoms with Crippen molar-refractivity contribution in [3.8, 4) is 11.4 Å². The maximum absolute atomic E-state index is 13.5. The molecule has 0 aliphatic rings. The molecule has 2 amide bonds. The molecule has 1 unspecified atom stereocenters. The number of aromatic nitrogens is 3. The van der Waals surface area contributed by atoms with Crippen molar-refractivity contribution in [2.45, 2.75) is 51.6 Å². The zero-order chi connectivity index (χ0) is 33.4. The van der Waals surface area contributed by atoms with E-state index in [1.807, 2.05) is 31.2 Å². The summed E-state index contributed by atoms with van der Waals surface area (Å²) >= 11 is 2.11. The van der Waals surface area contributed by atoms with E-state index in [1.54, 1.807) is 63.6 Å². The molecule has 2 N–H and O–H groups in total. The number of benzene rings is 2. The van der Waals surface area contributed by atoms with E-state index in [4.69, 9.17) is 14.2 Å². The molecule has 2 heterocycles. The average molecular weight is 666 g/mol. The molecule has 2 aromatic heterocycles. The number of hydrogen-bond acceptors (Lipinski definition) is 11. The lowest BCUT2D eigenvalue weighted by molar-refractivity contribution is -0.115. The van der Waals surface area contributed by atoms with Crippen LogP contribution in [0.3, 0.4) is 0 Å². The van der Waals surface area contributed by atoms with Gasteiger partial charge in [0.25, 0.3) is 5.91 Å². The molecule has 0 saturated heterocycles. The molecule has 0 bridgehead atoms. The molecular weight excluding hydrogens is 631 g/mol. The van der Waals surface area contributed by atoms with Gasteiger partial charge in [0.1, 0.15) is 15.6 Å². The Hall–Kier alpha value is -4.69. The van der Waals surface area contributed by atoms with Gasteiger partial charge in [-0.05, 0) is 82.1 Å². The first-order valence-corrected chi connectivity index (χ1v) is 16.2. The molecule has 2 aromatic carbocycles. The van der Waals surface area contributed by atoms with E-state index in [9.17, 15) is 19.2 Å². The molecule has 242 valence electrons. The zero-order valence-corrected chi connectivity index (χ0v) is 28.0. The van der Waals surface area contributed by atoms with Crippen LogP contribution in [-0.2, 0) is 20.8 Å². The second kappa shape index (κ2) is 15.5. The number of carbonyl (C=O) groups is 4. The van der Waals surface area contributed by atoms with E-state index in [1.165, 1.54) is 0 Å². The number of esters is 2. The topological polar surface area (TPSA) is 151 Å². The molecular formula is C32H35N5O7S2. The van der Waals surface area contributed by atoms with Crippen LogP contribution in [0, 0.1) is 13.8 Å². The third-order valence-electron chi connectivity index (χ3n) is 6.69. The quantitative estimate of drug-likeness (QED) is 0.141. The summed E-state index contributed by atoms with van der Waals surface area (Å²) in [5.74, 6) is -0.865. The number of thioether (sulfide) groups is 1. The van der Waals surface area contributed by atoms with Crippen molar-refractivity contribution in [2.24, 2.45) is 0 Å². The zero-order valence-electron chi connectivity index (χ0n) is 26.3. The Balaban J connectivity index is 1.58. The lowest BCUT2D eigenvalue weighted by Crippen LogP contribution is -2.25. The fraction of sp³-hybridized carbons (Fsp3) is 0.312. The van der Waals surface area contributed by atoms with Crippen molar-refractivity contribution in [1.29, 1.82) is 0 Å². The highest BCUT2D eigenvalue weighted by Gasteiger charge is 2.29. The smallest absolute Gasteiger partial charge is 0.348 e. The highest BCUT2D eigenvalue weighted by Crippen LogP contribution is 2.35. The standard InChI is InChI=1S/C32H35N5O7S2/c1-7-43-30(40)25-19(4)26(31(41)44-8-2)46-29(25)34-27(38)20(5)45-32-36-35-24(37(32)22-11-9-10-18(3)16-22)17-33-28(39)21-12-14-23(42-6)15-13-21/h9-16,20H,7-8,17H2,1-6H3,(H,33,39)(H,34,38). The lowest BCUT2D eigenvalue weighted by Gasteiger charge is -2.15. The minimum atomic E-state index is -0.710. The number of ether oxygens (including phenoxy) is 3. The summed E-state index contributed by atoms with van der Waals surface area (Å²) in [4.78, 5) is 51.9. The lowest BCUT2D eigenvalue weighted by atomic mass is 10.1. The van der Waals surface area contributed by atoms with Crippen LogP contribution in [0.15, 0.2) is 53.7 Å². The molecule has 1 atom stereocenters. The number of nitrogens with zero attached hydrogens (tertiary/aromatic N) is 3. The summed E-state index contributed by atoms with van der Waals surface area (Å²) in [7, 11) is 1.55. The van der Waals surface area contributed by atoms with Crippen LogP contribution in [-0.4, -0.2) is 64.1 Å². The van der Waals surface area contributed by atoms with E-state index in [0.717, 1.165) is 34.3 Å². The van der Waals surface area contributed by atoms with Crippen molar-refractivity contribution < 1.29 is 33.4 Å². The molecule has 0 fully saturated rings. The number of rotatable bonds is 13. The average Bonchev–Trinajstić information content (AvgIpc) is 3.59. The Morgan fingerprint density at radius 2 is 1.67 bits per heavy atom. The van der Waals surface area contributed by atoms with Gasteiger partial charge in [-0.25, -0.2) is 9.59 Å². The van der Waals surface area contributed by atoms with E-state index >= 15 is 0 Å². The number of amides is 2. The van der Waals surface area contributed by atoms with Gasteiger partial charge in [-0.2, -0.15) is 0 Å². The van der Waals surface area contributed by atoms with Gasteiger partial charge in [0.2, 0.25) is 5.91 Å². The molecule has 4 rings (SSSR count). The summed E-state index contributed by atoms with van der Waals surface area (Å²) in [5.41, 5.74) is 2.69. The first-order valence-electron chi connectivity index (χ1n) is 14.5. The third kappa shape index (κ3) is 7.93. The van der Waals surface area contributed by atoms with E-state index in [2.05, 4.69) is 20.8 Å². The predicted molar refractivity (Wildman–Crippen MR) is 175 cm³/mol. The number of hydrogen-bond donors (Lipinski definition) is 2. The number of nitrogens with one attached hydrogen (secondary N) is 2. The number of anilines is 1.